The van der Waals surface area contributed by atoms with Crippen molar-refractivity contribution < 1.29 is 8.42 Å². The van der Waals surface area contributed by atoms with E-state index in [1.54, 1.807) is 12.1 Å². The van der Waals surface area contributed by atoms with E-state index in [9.17, 15) is 8.42 Å². The zero-order valence-electron chi connectivity index (χ0n) is 14.8. The summed E-state index contributed by atoms with van der Waals surface area (Å²) in [7, 11) is 0.535. The van der Waals surface area contributed by atoms with Gasteiger partial charge in [-0.05, 0) is 47.7 Å². The Bertz CT molecular complexity index is 749. The largest absolute Gasteiger partial charge is 0.378 e. The van der Waals surface area contributed by atoms with Gasteiger partial charge < -0.3 is 4.90 Å². The fourth-order valence-corrected chi connectivity index (χ4v) is 3.44. The van der Waals surface area contributed by atoms with Gasteiger partial charge in [-0.15, -0.1) is 0 Å². The molecule has 0 spiro atoms. The highest BCUT2D eigenvalue weighted by molar-refractivity contribution is 7.89. The Balaban J connectivity index is 1.95. The Labute approximate surface area is 145 Å². The lowest BCUT2D eigenvalue weighted by atomic mass is 10.0. The summed E-state index contributed by atoms with van der Waals surface area (Å²) in [6.45, 7) is 4.56. The van der Waals surface area contributed by atoms with Gasteiger partial charge in [-0.1, -0.05) is 38.1 Å². The van der Waals surface area contributed by atoms with E-state index in [0.717, 1.165) is 16.8 Å². The maximum absolute atomic E-state index is 12.3. The first-order valence-electron chi connectivity index (χ1n) is 8.15. The molecule has 24 heavy (non-hydrogen) atoms. The lowest BCUT2D eigenvalue weighted by molar-refractivity contribution is 0.581. The Kier molecular flexibility index (Phi) is 6.02. The molecule has 0 amide bonds. The molecule has 4 nitrogen and oxygen atoms in total. The first kappa shape index (κ1) is 18.5. The number of nitrogens with zero attached hydrogens (tertiary/aromatic N) is 1. The van der Waals surface area contributed by atoms with Crippen molar-refractivity contribution in [1.29, 1.82) is 0 Å². The summed E-state index contributed by atoms with van der Waals surface area (Å²) in [4.78, 5) is 2.35. The Morgan fingerprint density at radius 2 is 1.54 bits per heavy atom. The summed E-state index contributed by atoms with van der Waals surface area (Å²) in [5.41, 5.74) is 3.37. The first-order valence-corrected chi connectivity index (χ1v) is 9.64. The lowest BCUT2D eigenvalue weighted by Gasteiger charge is -2.13. The number of sulfonamides is 1. The van der Waals surface area contributed by atoms with E-state index >= 15 is 0 Å². The molecule has 0 aliphatic rings. The van der Waals surface area contributed by atoms with Gasteiger partial charge in [0.1, 0.15) is 0 Å². The van der Waals surface area contributed by atoms with Crippen LogP contribution in [0.15, 0.2) is 53.4 Å². The van der Waals surface area contributed by atoms with Crippen LogP contribution in [0.25, 0.3) is 0 Å². The fraction of sp³-hybridized carbons (Fsp3) is 0.368. The van der Waals surface area contributed by atoms with E-state index in [-0.39, 0.29) is 0 Å². The SMILES string of the molecule is CC(C)c1ccc(S(=O)(=O)NCCc2ccc(N(C)C)cc2)cc1. The predicted molar refractivity (Wildman–Crippen MR) is 100 cm³/mol. The predicted octanol–water partition coefficient (Wildman–Crippen LogP) is 3.40. The Morgan fingerprint density at radius 1 is 0.958 bits per heavy atom. The fourth-order valence-electron chi connectivity index (χ4n) is 2.41. The number of rotatable bonds is 7. The molecule has 0 fully saturated rings. The second-order valence-electron chi connectivity index (χ2n) is 6.43. The highest BCUT2D eigenvalue weighted by Gasteiger charge is 2.13. The molecule has 1 N–H and O–H groups in total. The number of anilines is 1. The van der Waals surface area contributed by atoms with Gasteiger partial charge >= 0.3 is 0 Å². The highest BCUT2D eigenvalue weighted by Crippen LogP contribution is 2.17. The van der Waals surface area contributed by atoms with Gasteiger partial charge in [0.2, 0.25) is 10.0 Å². The van der Waals surface area contributed by atoms with Crippen molar-refractivity contribution in [3.63, 3.8) is 0 Å². The van der Waals surface area contributed by atoms with Gasteiger partial charge in [-0.25, -0.2) is 13.1 Å². The van der Waals surface area contributed by atoms with Crippen LogP contribution in [0.2, 0.25) is 0 Å². The maximum Gasteiger partial charge on any atom is 0.240 e. The number of hydrogen-bond donors (Lipinski definition) is 1. The molecule has 0 bridgehead atoms. The highest BCUT2D eigenvalue weighted by atomic mass is 32.2. The first-order chi connectivity index (χ1) is 11.3. The molecule has 2 aromatic carbocycles. The molecular weight excluding hydrogens is 320 g/mol. The molecule has 0 unspecified atom stereocenters. The zero-order valence-corrected chi connectivity index (χ0v) is 15.6. The van der Waals surface area contributed by atoms with E-state index < -0.39 is 10.0 Å². The van der Waals surface area contributed by atoms with Gasteiger partial charge in [0.15, 0.2) is 0 Å². The van der Waals surface area contributed by atoms with Crippen molar-refractivity contribution in [2.45, 2.75) is 31.1 Å². The monoisotopic (exact) mass is 346 g/mol. The van der Waals surface area contributed by atoms with E-state index in [1.165, 1.54) is 0 Å². The molecule has 0 saturated heterocycles. The molecule has 0 aromatic heterocycles. The summed E-state index contributed by atoms with van der Waals surface area (Å²) in [6, 6.07) is 15.2. The summed E-state index contributed by atoms with van der Waals surface area (Å²) in [5.74, 6) is 0.389. The molecule has 0 aliphatic carbocycles. The summed E-state index contributed by atoms with van der Waals surface area (Å²) >= 11 is 0. The average Bonchev–Trinajstić information content (AvgIpc) is 2.55. The van der Waals surface area contributed by atoms with E-state index in [2.05, 4.69) is 18.6 Å². The third-order valence-corrected chi connectivity index (χ3v) is 5.49. The second kappa shape index (κ2) is 7.81. The van der Waals surface area contributed by atoms with Crippen LogP contribution in [0, 0.1) is 0 Å². The summed E-state index contributed by atoms with van der Waals surface area (Å²) < 4.78 is 27.3. The smallest absolute Gasteiger partial charge is 0.240 e. The minimum absolute atomic E-state index is 0.315. The molecular formula is C19H26N2O2S. The molecule has 0 aliphatic heterocycles. The van der Waals surface area contributed by atoms with E-state index in [4.69, 9.17) is 0 Å². The third kappa shape index (κ3) is 4.82. The van der Waals surface area contributed by atoms with Crippen LogP contribution in [-0.4, -0.2) is 29.1 Å². The molecule has 5 heteroatoms. The summed E-state index contributed by atoms with van der Waals surface area (Å²) in [6.07, 6.45) is 0.664. The molecule has 130 valence electrons. The average molecular weight is 346 g/mol. The van der Waals surface area contributed by atoms with Crippen molar-refractivity contribution in [3.8, 4) is 0 Å². The van der Waals surface area contributed by atoms with Crippen molar-refractivity contribution in [2.24, 2.45) is 0 Å². The van der Waals surface area contributed by atoms with E-state index in [0.29, 0.717) is 23.8 Å². The van der Waals surface area contributed by atoms with Gasteiger partial charge in [0.05, 0.1) is 4.90 Å². The minimum atomic E-state index is -3.45. The normalized spacial score (nSPS) is 11.7. The van der Waals surface area contributed by atoms with Crippen LogP contribution in [0.1, 0.15) is 30.9 Å². The van der Waals surface area contributed by atoms with Gasteiger partial charge in [-0.2, -0.15) is 0 Å². The standard InChI is InChI=1S/C19H26N2O2S/c1-15(2)17-7-11-19(12-8-17)24(22,23)20-14-13-16-5-9-18(10-6-16)21(3)4/h5-12,15,20H,13-14H2,1-4H3. The quantitative estimate of drug-likeness (QED) is 0.836. The van der Waals surface area contributed by atoms with Crippen molar-refractivity contribution in [2.75, 3.05) is 25.5 Å². The second-order valence-corrected chi connectivity index (χ2v) is 8.20. The van der Waals surface area contributed by atoms with Crippen LogP contribution in [0.5, 0.6) is 0 Å². The molecule has 0 heterocycles. The van der Waals surface area contributed by atoms with Crippen LogP contribution >= 0.6 is 0 Å². The van der Waals surface area contributed by atoms with Crippen molar-refractivity contribution in [3.05, 3.63) is 59.7 Å². The number of hydrogen-bond acceptors (Lipinski definition) is 3. The van der Waals surface area contributed by atoms with Crippen LogP contribution in [0.3, 0.4) is 0 Å². The molecule has 0 atom stereocenters. The zero-order chi connectivity index (χ0) is 17.7. The van der Waals surface area contributed by atoms with Crippen LogP contribution in [-0.2, 0) is 16.4 Å². The number of benzene rings is 2. The minimum Gasteiger partial charge on any atom is -0.378 e. The Morgan fingerprint density at radius 3 is 2.04 bits per heavy atom. The topological polar surface area (TPSA) is 49.4 Å². The molecule has 0 radical (unpaired) electrons. The molecule has 2 rings (SSSR count). The van der Waals surface area contributed by atoms with Gasteiger partial charge in [-0.3, -0.25) is 0 Å². The van der Waals surface area contributed by atoms with Crippen LogP contribution in [0.4, 0.5) is 5.69 Å². The van der Waals surface area contributed by atoms with E-state index in [1.807, 2.05) is 55.4 Å². The third-order valence-electron chi connectivity index (χ3n) is 4.02. The number of nitrogens with one attached hydrogen (secondary N) is 1. The Hall–Kier alpha value is -1.85. The van der Waals surface area contributed by atoms with Crippen molar-refractivity contribution >= 4 is 15.7 Å². The van der Waals surface area contributed by atoms with Gasteiger partial charge in [0, 0.05) is 26.3 Å². The maximum atomic E-state index is 12.3. The molecule has 2 aromatic rings. The van der Waals surface area contributed by atoms with Gasteiger partial charge in [0.25, 0.3) is 0 Å². The lowest BCUT2D eigenvalue weighted by Crippen LogP contribution is -2.26. The molecule has 0 saturated carbocycles. The van der Waals surface area contributed by atoms with Crippen molar-refractivity contribution in [1.82, 2.24) is 4.72 Å². The summed E-state index contributed by atoms with van der Waals surface area (Å²) in [5, 5.41) is 0. The van der Waals surface area contributed by atoms with Crippen LogP contribution < -0.4 is 9.62 Å².